The van der Waals surface area contributed by atoms with Gasteiger partial charge < -0.3 is 10.4 Å². The van der Waals surface area contributed by atoms with E-state index in [2.05, 4.69) is 5.32 Å². The first kappa shape index (κ1) is 15.3. The van der Waals surface area contributed by atoms with Gasteiger partial charge in [0, 0.05) is 16.7 Å². The molecule has 0 bridgehead atoms. The summed E-state index contributed by atoms with van der Waals surface area (Å²) < 4.78 is 38.7. The Morgan fingerprint density at radius 2 is 2.06 bits per heavy atom. The number of aliphatic hydroxyl groups is 1. The fourth-order valence-electron chi connectivity index (χ4n) is 1.51. The van der Waals surface area contributed by atoms with Crippen molar-refractivity contribution in [3.8, 4) is 0 Å². The minimum Gasteiger partial charge on any atom is -0.395 e. The molecule has 2 N–H and O–H groups in total. The number of hydrogen-bond acceptors (Lipinski definition) is 3. The Morgan fingerprint density at radius 3 is 2.56 bits per heavy atom. The summed E-state index contributed by atoms with van der Waals surface area (Å²) in [6.45, 7) is 1.87. The predicted molar refractivity (Wildman–Crippen MR) is 66.6 cm³/mol. The Hall–Kier alpha value is -0.720. The van der Waals surface area contributed by atoms with Crippen LogP contribution in [-0.4, -0.2) is 24.0 Å². The van der Waals surface area contributed by atoms with E-state index in [-0.39, 0.29) is 24.0 Å². The second kappa shape index (κ2) is 6.45. The monoisotopic (exact) mass is 279 g/mol. The molecule has 0 amide bonds. The topological polar surface area (TPSA) is 32.3 Å². The first-order chi connectivity index (χ1) is 8.38. The van der Waals surface area contributed by atoms with Crippen LogP contribution in [0.1, 0.15) is 18.1 Å². The summed E-state index contributed by atoms with van der Waals surface area (Å²) in [6.07, 6.45) is -4.36. The minimum atomic E-state index is -4.36. The molecule has 102 valence electrons. The van der Waals surface area contributed by atoms with Gasteiger partial charge in [-0.1, -0.05) is 13.0 Å². The molecule has 0 aliphatic carbocycles. The quantitative estimate of drug-likeness (QED) is 0.813. The summed E-state index contributed by atoms with van der Waals surface area (Å²) in [5.41, 5.74) is -0.391. The predicted octanol–water partition coefficient (Wildman–Crippen LogP) is 2.90. The van der Waals surface area contributed by atoms with E-state index in [0.29, 0.717) is 4.90 Å². The van der Waals surface area contributed by atoms with Crippen molar-refractivity contribution >= 4 is 11.8 Å². The lowest BCUT2D eigenvalue weighted by Gasteiger charge is -2.15. The smallest absolute Gasteiger partial charge is 0.395 e. The Kier molecular flexibility index (Phi) is 5.49. The highest BCUT2D eigenvalue weighted by Gasteiger charge is 2.33. The molecule has 0 fully saturated rings. The molecule has 1 unspecified atom stereocenters. The molecule has 1 aromatic rings. The van der Waals surface area contributed by atoms with Gasteiger partial charge in [0.25, 0.3) is 0 Å². The average Bonchev–Trinajstić information content (AvgIpc) is 2.30. The first-order valence-corrected chi connectivity index (χ1v) is 6.38. The molecule has 0 aromatic heterocycles. The van der Waals surface area contributed by atoms with Gasteiger partial charge in [-0.15, -0.1) is 11.8 Å². The molecule has 2 nitrogen and oxygen atoms in total. The van der Waals surface area contributed by atoms with Gasteiger partial charge in [-0.25, -0.2) is 0 Å². The Morgan fingerprint density at radius 1 is 1.39 bits per heavy atom. The fourth-order valence-corrected chi connectivity index (χ4v) is 2.38. The van der Waals surface area contributed by atoms with Crippen molar-refractivity contribution in [3.05, 3.63) is 29.3 Å². The zero-order valence-electron chi connectivity index (χ0n) is 10.2. The van der Waals surface area contributed by atoms with Crippen LogP contribution >= 0.6 is 11.8 Å². The van der Waals surface area contributed by atoms with Crippen LogP contribution < -0.4 is 5.32 Å². The Balaban J connectivity index is 3.05. The summed E-state index contributed by atoms with van der Waals surface area (Å²) in [6, 6.07) is 4.27. The second-order valence-corrected chi connectivity index (χ2v) is 5.47. The maximum Gasteiger partial charge on any atom is 0.416 e. The molecule has 18 heavy (non-hydrogen) atoms. The lowest BCUT2D eigenvalue weighted by Crippen LogP contribution is -2.14. The highest BCUT2D eigenvalue weighted by atomic mass is 32.2. The van der Waals surface area contributed by atoms with E-state index in [1.807, 2.05) is 0 Å². The number of aliphatic hydroxyl groups excluding tert-OH is 1. The third-order valence-corrected chi connectivity index (χ3v) is 3.43. The van der Waals surface area contributed by atoms with Gasteiger partial charge in [-0.3, -0.25) is 0 Å². The molecule has 1 rings (SSSR count). The molecular formula is C12H16F3NOS. The summed E-state index contributed by atoms with van der Waals surface area (Å²) >= 11 is 1.23. The van der Waals surface area contributed by atoms with Crippen molar-refractivity contribution in [1.29, 1.82) is 0 Å². The number of rotatable bonds is 5. The average molecular weight is 279 g/mol. The van der Waals surface area contributed by atoms with E-state index < -0.39 is 11.7 Å². The minimum absolute atomic E-state index is 0.0652. The number of benzene rings is 1. The molecule has 1 atom stereocenters. The van der Waals surface area contributed by atoms with Crippen LogP contribution in [0.5, 0.6) is 0 Å². The van der Waals surface area contributed by atoms with Crippen molar-refractivity contribution in [2.45, 2.75) is 29.8 Å². The zero-order valence-corrected chi connectivity index (χ0v) is 11.0. The van der Waals surface area contributed by atoms with Crippen LogP contribution in [0, 0.1) is 0 Å². The third-order valence-electron chi connectivity index (χ3n) is 2.35. The van der Waals surface area contributed by atoms with Crippen LogP contribution in [0.15, 0.2) is 23.1 Å². The van der Waals surface area contributed by atoms with E-state index >= 15 is 0 Å². The van der Waals surface area contributed by atoms with Crippen LogP contribution in [-0.2, 0) is 12.7 Å². The van der Waals surface area contributed by atoms with Gasteiger partial charge in [0.05, 0.1) is 12.2 Å². The molecule has 0 aliphatic heterocycles. The van der Waals surface area contributed by atoms with Crippen molar-refractivity contribution in [2.75, 3.05) is 13.7 Å². The highest BCUT2D eigenvalue weighted by Crippen LogP contribution is 2.35. The van der Waals surface area contributed by atoms with Crippen molar-refractivity contribution < 1.29 is 18.3 Å². The van der Waals surface area contributed by atoms with E-state index in [4.69, 9.17) is 5.11 Å². The van der Waals surface area contributed by atoms with Crippen LogP contribution in [0.4, 0.5) is 13.2 Å². The van der Waals surface area contributed by atoms with Gasteiger partial charge in [0.2, 0.25) is 0 Å². The number of halogens is 3. The molecule has 0 radical (unpaired) electrons. The summed E-state index contributed by atoms with van der Waals surface area (Å²) in [5.74, 6) is 0. The van der Waals surface area contributed by atoms with Crippen LogP contribution in [0.3, 0.4) is 0 Å². The number of hydrogen-bond donors (Lipinski definition) is 2. The fraction of sp³-hybridized carbons (Fsp3) is 0.500. The van der Waals surface area contributed by atoms with E-state index in [1.54, 1.807) is 20.0 Å². The van der Waals surface area contributed by atoms with E-state index in [0.717, 1.165) is 6.07 Å². The van der Waals surface area contributed by atoms with E-state index in [1.165, 1.54) is 17.8 Å². The lowest BCUT2D eigenvalue weighted by molar-refractivity contribution is -0.138. The highest BCUT2D eigenvalue weighted by molar-refractivity contribution is 8.00. The van der Waals surface area contributed by atoms with Crippen LogP contribution in [0.2, 0.25) is 0 Å². The van der Waals surface area contributed by atoms with Crippen LogP contribution in [0.25, 0.3) is 0 Å². The normalized spacial score (nSPS) is 13.7. The summed E-state index contributed by atoms with van der Waals surface area (Å²) in [7, 11) is 1.61. The van der Waals surface area contributed by atoms with Gasteiger partial charge in [0.15, 0.2) is 0 Å². The second-order valence-electron chi connectivity index (χ2n) is 3.96. The Labute approximate surface area is 109 Å². The summed E-state index contributed by atoms with van der Waals surface area (Å²) in [5, 5.41) is 11.5. The largest absolute Gasteiger partial charge is 0.416 e. The van der Waals surface area contributed by atoms with Gasteiger partial charge in [-0.05, 0) is 24.7 Å². The van der Waals surface area contributed by atoms with E-state index in [9.17, 15) is 13.2 Å². The standard InChI is InChI=1S/C12H16F3NOS/c1-8(7-17)18-10-4-3-9(6-16-2)11(5-10)12(13,14)15/h3-5,8,16-17H,6-7H2,1-2H3. The molecular weight excluding hydrogens is 263 g/mol. The SMILES string of the molecule is CNCc1ccc(SC(C)CO)cc1C(F)(F)F. The van der Waals surface area contributed by atoms with Gasteiger partial charge in [-0.2, -0.15) is 13.2 Å². The molecule has 0 saturated heterocycles. The molecule has 0 heterocycles. The first-order valence-electron chi connectivity index (χ1n) is 5.50. The van der Waals surface area contributed by atoms with Crippen molar-refractivity contribution in [3.63, 3.8) is 0 Å². The lowest BCUT2D eigenvalue weighted by atomic mass is 10.1. The zero-order chi connectivity index (χ0) is 13.8. The van der Waals surface area contributed by atoms with Crippen molar-refractivity contribution in [2.24, 2.45) is 0 Å². The molecule has 0 spiro atoms. The molecule has 6 heteroatoms. The third kappa shape index (κ3) is 4.19. The summed E-state index contributed by atoms with van der Waals surface area (Å²) in [4.78, 5) is 0.517. The van der Waals surface area contributed by atoms with Gasteiger partial charge in [0.1, 0.15) is 0 Å². The number of nitrogens with one attached hydrogen (secondary N) is 1. The number of alkyl halides is 3. The maximum atomic E-state index is 12.9. The molecule has 0 saturated carbocycles. The molecule has 1 aromatic carbocycles. The maximum absolute atomic E-state index is 12.9. The van der Waals surface area contributed by atoms with Crippen molar-refractivity contribution in [1.82, 2.24) is 5.32 Å². The number of thioether (sulfide) groups is 1. The Bertz CT molecular complexity index is 395. The van der Waals surface area contributed by atoms with Gasteiger partial charge >= 0.3 is 6.18 Å². The molecule has 0 aliphatic rings.